The Labute approximate surface area is 103 Å². The highest BCUT2D eigenvalue weighted by Crippen LogP contribution is 2.14. The third-order valence-corrected chi connectivity index (χ3v) is 3.70. The average molecular weight is 277 g/mol. The number of hydrogen-bond acceptors (Lipinski definition) is 4. The molecule has 0 heterocycles. The number of hydrogen-bond donors (Lipinski definition) is 3. The summed E-state index contributed by atoms with van der Waals surface area (Å²) in [5.74, 6) is -2.23. The van der Waals surface area contributed by atoms with Crippen molar-refractivity contribution in [2.24, 2.45) is 0 Å². The molecule has 0 aromatic heterocycles. The maximum Gasteiger partial charge on any atom is 0.324 e. The van der Waals surface area contributed by atoms with E-state index in [1.165, 1.54) is 13.0 Å². The highest BCUT2D eigenvalue weighted by molar-refractivity contribution is 7.89. The van der Waals surface area contributed by atoms with Crippen molar-refractivity contribution in [3.05, 3.63) is 29.6 Å². The molecule has 0 amide bonds. The SMILES string of the molecule is Cc1ccc(S(=O)(=O)NC(CO)C(=O)O)cc1F. The lowest BCUT2D eigenvalue weighted by Crippen LogP contribution is -2.43. The molecule has 6 nitrogen and oxygen atoms in total. The van der Waals surface area contributed by atoms with E-state index in [-0.39, 0.29) is 5.56 Å². The van der Waals surface area contributed by atoms with Crippen LogP contribution in [0.3, 0.4) is 0 Å². The van der Waals surface area contributed by atoms with Crippen LogP contribution in [0.5, 0.6) is 0 Å². The zero-order valence-corrected chi connectivity index (χ0v) is 10.2. The zero-order chi connectivity index (χ0) is 13.9. The minimum absolute atomic E-state index is 0.269. The van der Waals surface area contributed by atoms with Crippen LogP contribution in [0.15, 0.2) is 23.1 Å². The Hall–Kier alpha value is -1.51. The summed E-state index contributed by atoms with van der Waals surface area (Å²) in [6.07, 6.45) is 0. The first-order valence-corrected chi connectivity index (χ1v) is 6.38. The number of carbonyl (C=O) groups is 1. The van der Waals surface area contributed by atoms with E-state index in [4.69, 9.17) is 10.2 Å². The molecule has 18 heavy (non-hydrogen) atoms. The molecule has 0 aliphatic carbocycles. The fraction of sp³-hybridized carbons (Fsp3) is 0.300. The van der Waals surface area contributed by atoms with Gasteiger partial charge in [-0.1, -0.05) is 6.07 Å². The number of rotatable bonds is 5. The lowest BCUT2D eigenvalue weighted by molar-refractivity contribution is -0.139. The number of carboxylic acid groups (broad SMARTS) is 1. The van der Waals surface area contributed by atoms with Crippen LogP contribution in [0, 0.1) is 12.7 Å². The van der Waals surface area contributed by atoms with E-state index in [1.54, 1.807) is 4.72 Å². The average Bonchev–Trinajstić information content (AvgIpc) is 2.29. The van der Waals surface area contributed by atoms with Crippen molar-refractivity contribution in [3.8, 4) is 0 Å². The third kappa shape index (κ3) is 3.25. The predicted octanol–water partition coefficient (Wildman–Crippen LogP) is -0.142. The van der Waals surface area contributed by atoms with Gasteiger partial charge in [-0.25, -0.2) is 12.8 Å². The molecule has 0 aliphatic heterocycles. The van der Waals surface area contributed by atoms with Crippen molar-refractivity contribution >= 4 is 16.0 Å². The van der Waals surface area contributed by atoms with E-state index in [0.717, 1.165) is 12.1 Å². The Balaban J connectivity index is 3.06. The van der Waals surface area contributed by atoms with Gasteiger partial charge in [-0.05, 0) is 24.6 Å². The van der Waals surface area contributed by atoms with Gasteiger partial charge in [-0.15, -0.1) is 0 Å². The Kier molecular flexibility index (Phi) is 4.38. The van der Waals surface area contributed by atoms with E-state index in [1.807, 2.05) is 0 Å². The van der Waals surface area contributed by atoms with Gasteiger partial charge in [-0.2, -0.15) is 4.72 Å². The molecule has 0 saturated carbocycles. The van der Waals surface area contributed by atoms with E-state index in [0.29, 0.717) is 0 Å². The van der Waals surface area contributed by atoms with E-state index >= 15 is 0 Å². The molecule has 1 unspecified atom stereocenters. The maximum atomic E-state index is 13.2. The summed E-state index contributed by atoms with van der Waals surface area (Å²) in [7, 11) is -4.19. The smallest absolute Gasteiger partial charge is 0.324 e. The fourth-order valence-electron chi connectivity index (χ4n) is 1.16. The number of sulfonamides is 1. The van der Waals surface area contributed by atoms with Gasteiger partial charge in [0.05, 0.1) is 11.5 Å². The summed E-state index contributed by atoms with van der Waals surface area (Å²) in [5, 5.41) is 17.3. The van der Waals surface area contributed by atoms with Crippen LogP contribution in [0.2, 0.25) is 0 Å². The number of aliphatic hydroxyl groups excluding tert-OH is 1. The highest BCUT2D eigenvalue weighted by Gasteiger charge is 2.25. The molecule has 0 saturated heterocycles. The van der Waals surface area contributed by atoms with Crippen molar-refractivity contribution < 1.29 is 27.8 Å². The number of aryl methyl sites for hydroxylation is 1. The lowest BCUT2D eigenvalue weighted by Gasteiger charge is -2.12. The summed E-state index contributed by atoms with van der Waals surface area (Å²) in [5.41, 5.74) is 0.269. The van der Waals surface area contributed by atoms with Crippen molar-refractivity contribution in [1.29, 1.82) is 0 Å². The molecule has 0 bridgehead atoms. The largest absolute Gasteiger partial charge is 0.480 e. The first-order chi connectivity index (χ1) is 8.27. The number of carboxylic acids is 1. The van der Waals surface area contributed by atoms with Crippen molar-refractivity contribution in [2.45, 2.75) is 17.9 Å². The molecular weight excluding hydrogens is 265 g/mol. The molecule has 8 heteroatoms. The topological polar surface area (TPSA) is 104 Å². The second kappa shape index (κ2) is 5.42. The minimum atomic E-state index is -4.19. The first-order valence-electron chi connectivity index (χ1n) is 4.90. The summed E-state index contributed by atoms with van der Waals surface area (Å²) in [6.45, 7) is 0.565. The highest BCUT2D eigenvalue weighted by atomic mass is 32.2. The van der Waals surface area contributed by atoms with Crippen LogP contribution in [-0.2, 0) is 14.8 Å². The second-order valence-corrected chi connectivity index (χ2v) is 5.32. The lowest BCUT2D eigenvalue weighted by atomic mass is 10.2. The van der Waals surface area contributed by atoms with Crippen LogP contribution < -0.4 is 4.72 Å². The Bertz CT molecular complexity index is 557. The molecule has 3 N–H and O–H groups in total. The second-order valence-electron chi connectivity index (χ2n) is 3.61. The molecule has 0 aliphatic rings. The van der Waals surface area contributed by atoms with E-state index in [9.17, 15) is 17.6 Å². The predicted molar refractivity (Wildman–Crippen MR) is 60.0 cm³/mol. The van der Waals surface area contributed by atoms with Crippen molar-refractivity contribution in [1.82, 2.24) is 4.72 Å². The van der Waals surface area contributed by atoms with E-state index in [2.05, 4.69) is 0 Å². The standard InChI is InChI=1S/C10H12FNO5S/c1-6-2-3-7(4-8(6)11)18(16,17)12-9(5-13)10(14)15/h2-4,9,12-13H,5H2,1H3,(H,14,15). The Morgan fingerprint density at radius 2 is 2.11 bits per heavy atom. The monoisotopic (exact) mass is 277 g/mol. The maximum absolute atomic E-state index is 13.2. The van der Waals surface area contributed by atoms with E-state index < -0.39 is 39.4 Å². The molecule has 1 aromatic rings. The van der Waals surface area contributed by atoms with Gasteiger partial charge < -0.3 is 10.2 Å². The normalized spacial score (nSPS) is 13.3. The van der Waals surface area contributed by atoms with Gasteiger partial charge in [0.15, 0.2) is 0 Å². The number of aliphatic hydroxyl groups is 1. The molecule has 1 rings (SSSR count). The number of halogens is 1. The molecule has 1 aromatic carbocycles. The molecule has 0 fully saturated rings. The van der Waals surface area contributed by atoms with Crippen LogP contribution in [0.25, 0.3) is 0 Å². The fourth-order valence-corrected chi connectivity index (χ4v) is 2.35. The summed E-state index contributed by atoms with van der Waals surface area (Å²) in [4.78, 5) is 10.2. The summed E-state index contributed by atoms with van der Waals surface area (Å²) in [6, 6.07) is 1.53. The Morgan fingerprint density at radius 3 is 2.56 bits per heavy atom. The molecular formula is C10H12FNO5S. The van der Waals surface area contributed by atoms with Crippen molar-refractivity contribution in [3.63, 3.8) is 0 Å². The molecule has 1 atom stereocenters. The van der Waals surface area contributed by atoms with Gasteiger partial charge in [0.2, 0.25) is 10.0 Å². The summed E-state index contributed by atoms with van der Waals surface area (Å²) >= 11 is 0. The van der Waals surface area contributed by atoms with Gasteiger partial charge in [-0.3, -0.25) is 4.79 Å². The van der Waals surface area contributed by atoms with Gasteiger partial charge in [0.25, 0.3) is 0 Å². The van der Waals surface area contributed by atoms with Gasteiger partial charge in [0, 0.05) is 0 Å². The van der Waals surface area contributed by atoms with Gasteiger partial charge in [0.1, 0.15) is 11.9 Å². The van der Waals surface area contributed by atoms with Crippen LogP contribution >= 0.6 is 0 Å². The van der Waals surface area contributed by atoms with Crippen LogP contribution in [-0.4, -0.2) is 37.2 Å². The number of benzene rings is 1. The zero-order valence-electron chi connectivity index (χ0n) is 9.42. The van der Waals surface area contributed by atoms with Gasteiger partial charge >= 0.3 is 5.97 Å². The van der Waals surface area contributed by atoms with Crippen LogP contribution in [0.4, 0.5) is 4.39 Å². The van der Waals surface area contributed by atoms with Crippen LogP contribution in [0.1, 0.15) is 5.56 Å². The number of nitrogens with one attached hydrogen (secondary N) is 1. The molecule has 0 spiro atoms. The third-order valence-electron chi connectivity index (χ3n) is 2.23. The number of aliphatic carboxylic acids is 1. The Morgan fingerprint density at radius 1 is 1.50 bits per heavy atom. The van der Waals surface area contributed by atoms with Crippen molar-refractivity contribution in [2.75, 3.05) is 6.61 Å². The quantitative estimate of drug-likeness (QED) is 0.695. The first kappa shape index (κ1) is 14.6. The minimum Gasteiger partial charge on any atom is -0.480 e. The molecule has 0 radical (unpaired) electrons. The summed E-state index contributed by atoms with van der Waals surface area (Å²) < 4.78 is 38.4. The molecule has 100 valence electrons.